The van der Waals surface area contributed by atoms with E-state index in [0.29, 0.717) is 12.5 Å². The molecule has 1 N–H and O–H groups in total. The van der Waals surface area contributed by atoms with E-state index in [2.05, 4.69) is 48.8 Å². The smallest absolute Gasteiger partial charge is 0.179 e. The van der Waals surface area contributed by atoms with Gasteiger partial charge < -0.3 is 5.32 Å². The van der Waals surface area contributed by atoms with Crippen molar-refractivity contribution in [3.8, 4) is 0 Å². The topological polar surface area (TPSA) is 55.6 Å². The van der Waals surface area contributed by atoms with Crippen molar-refractivity contribution in [2.75, 3.05) is 13.1 Å². The molecular weight excluding hydrogens is 306 g/mol. The molecule has 1 unspecified atom stereocenters. The Labute approximate surface area is 120 Å². The first kappa shape index (κ1) is 12.7. The van der Waals surface area contributed by atoms with Gasteiger partial charge in [0.25, 0.3) is 0 Å². The van der Waals surface area contributed by atoms with Crippen molar-refractivity contribution >= 4 is 15.9 Å². The number of halogens is 1. The minimum atomic E-state index is 0.410. The van der Waals surface area contributed by atoms with Gasteiger partial charge >= 0.3 is 0 Å². The first-order chi connectivity index (χ1) is 9.31. The Morgan fingerprint density at radius 2 is 2.16 bits per heavy atom. The second-order valence-electron chi connectivity index (χ2n) is 4.85. The predicted octanol–water partition coefficient (Wildman–Crippen LogP) is 1.95. The maximum Gasteiger partial charge on any atom is 0.179 e. The first-order valence-corrected chi connectivity index (χ1v) is 7.33. The average molecular weight is 322 g/mol. The molecule has 1 aromatic carbocycles. The number of hydrogen-bond donors (Lipinski definition) is 1. The number of nitrogens with zero attached hydrogens (tertiary/aromatic N) is 4. The van der Waals surface area contributed by atoms with E-state index in [9.17, 15) is 0 Å². The maximum atomic E-state index is 4.49. The van der Waals surface area contributed by atoms with Gasteiger partial charge in [-0.1, -0.05) is 28.1 Å². The van der Waals surface area contributed by atoms with E-state index in [0.717, 1.165) is 29.8 Å². The summed E-state index contributed by atoms with van der Waals surface area (Å²) in [4.78, 5) is 1.67. The Balaban J connectivity index is 1.68. The van der Waals surface area contributed by atoms with E-state index in [4.69, 9.17) is 0 Å². The zero-order valence-corrected chi connectivity index (χ0v) is 12.2. The molecule has 0 spiro atoms. The lowest BCUT2D eigenvalue weighted by Gasteiger charge is -2.19. The van der Waals surface area contributed by atoms with Crippen molar-refractivity contribution in [1.29, 1.82) is 0 Å². The lowest BCUT2D eigenvalue weighted by atomic mass is 9.99. The third kappa shape index (κ3) is 3.19. The SMILES string of the molecule is Brc1ccc(Cn2nnc(C3CCCNC3)n2)cc1. The molecule has 2 heterocycles. The van der Waals surface area contributed by atoms with E-state index in [1.807, 2.05) is 12.1 Å². The molecule has 1 aromatic heterocycles. The van der Waals surface area contributed by atoms with Gasteiger partial charge in [0.05, 0.1) is 6.54 Å². The molecule has 1 aliphatic rings. The van der Waals surface area contributed by atoms with Gasteiger partial charge in [0, 0.05) is 16.9 Å². The highest BCUT2D eigenvalue weighted by Gasteiger charge is 2.19. The Kier molecular flexibility index (Phi) is 3.89. The molecule has 5 nitrogen and oxygen atoms in total. The number of tetrazole rings is 1. The van der Waals surface area contributed by atoms with Crippen LogP contribution in [0.5, 0.6) is 0 Å². The third-order valence-electron chi connectivity index (χ3n) is 3.37. The van der Waals surface area contributed by atoms with Crippen LogP contribution in [0.4, 0.5) is 0 Å². The van der Waals surface area contributed by atoms with Crippen LogP contribution in [-0.2, 0) is 6.54 Å². The van der Waals surface area contributed by atoms with E-state index < -0.39 is 0 Å². The van der Waals surface area contributed by atoms with Crippen molar-refractivity contribution in [3.63, 3.8) is 0 Å². The summed E-state index contributed by atoms with van der Waals surface area (Å²) in [6.45, 7) is 2.73. The Morgan fingerprint density at radius 3 is 2.89 bits per heavy atom. The molecular formula is C13H16BrN5. The number of benzene rings is 1. The second-order valence-corrected chi connectivity index (χ2v) is 5.76. The van der Waals surface area contributed by atoms with Gasteiger partial charge in [-0.25, -0.2) is 0 Å². The summed E-state index contributed by atoms with van der Waals surface area (Å²) < 4.78 is 1.08. The third-order valence-corrected chi connectivity index (χ3v) is 3.90. The first-order valence-electron chi connectivity index (χ1n) is 6.54. The molecule has 1 fully saturated rings. The predicted molar refractivity (Wildman–Crippen MR) is 75.9 cm³/mol. The molecule has 0 aliphatic carbocycles. The average Bonchev–Trinajstić information content (AvgIpc) is 2.91. The summed E-state index contributed by atoms with van der Waals surface area (Å²) in [5, 5.41) is 16.2. The maximum absolute atomic E-state index is 4.49. The van der Waals surface area contributed by atoms with Gasteiger partial charge in [-0.15, -0.1) is 10.2 Å². The van der Waals surface area contributed by atoms with Gasteiger partial charge in [0.15, 0.2) is 5.82 Å². The fourth-order valence-corrected chi connectivity index (χ4v) is 2.58. The molecule has 1 saturated heterocycles. The molecule has 0 bridgehead atoms. The van der Waals surface area contributed by atoms with Crippen LogP contribution < -0.4 is 5.32 Å². The summed E-state index contributed by atoms with van der Waals surface area (Å²) >= 11 is 3.43. The number of aromatic nitrogens is 4. The zero-order chi connectivity index (χ0) is 13.1. The molecule has 2 aromatic rings. The van der Waals surface area contributed by atoms with Crippen LogP contribution in [0.15, 0.2) is 28.7 Å². The van der Waals surface area contributed by atoms with Gasteiger partial charge in [-0.2, -0.15) is 4.80 Å². The number of piperidine rings is 1. The Bertz CT molecular complexity index is 530. The summed E-state index contributed by atoms with van der Waals surface area (Å²) in [6, 6.07) is 8.18. The lowest BCUT2D eigenvalue weighted by Crippen LogP contribution is -2.29. The largest absolute Gasteiger partial charge is 0.316 e. The number of rotatable bonds is 3. The van der Waals surface area contributed by atoms with Crippen molar-refractivity contribution in [3.05, 3.63) is 40.1 Å². The Morgan fingerprint density at radius 1 is 1.32 bits per heavy atom. The normalized spacial score (nSPS) is 19.5. The van der Waals surface area contributed by atoms with Crippen molar-refractivity contribution < 1.29 is 0 Å². The molecule has 3 rings (SSSR count). The van der Waals surface area contributed by atoms with Crippen molar-refractivity contribution in [2.45, 2.75) is 25.3 Å². The fraction of sp³-hybridized carbons (Fsp3) is 0.462. The Hall–Kier alpha value is -1.27. The summed E-state index contributed by atoms with van der Waals surface area (Å²) in [7, 11) is 0. The summed E-state index contributed by atoms with van der Waals surface area (Å²) in [5.41, 5.74) is 1.17. The standard InChI is InChI=1S/C13H16BrN5/c14-12-5-3-10(4-6-12)9-19-17-13(16-18-19)11-2-1-7-15-8-11/h3-6,11,15H,1-2,7-9H2. The highest BCUT2D eigenvalue weighted by atomic mass is 79.9. The van der Waals surface area contributed by atoms with E-state index in [1.54, 1.807) is 4.80 Å². The van der Waals surface area contributed by atoms with Crippen LogP contribution in [0.25, 0.3) is 0 Å². The molecule has 0 saturated carbocycles. The molecule has 100 valence electrons. The number of hydrogen-bond acceptors (Lipinski definition) is 4. The van der Waals surface area contributed by atoms with Crippen LogP contribution in [0, 0.1) is 0 Å². The van der Waals surface area contributed by atoms with Crippen LogP contribution in [-0.4, -0.2) is 33.3 Å². The molecule has 1 atom stereocenters. The minimum absolute atomic E-state index is 0.410. The highest BCUT2D eigenvalue weighted by Crippen LogP contribution is 2.19. The quantitative estimate of drug-likeness (QED) is 0.938. The molecule has 0 amide bonds. The van der Waals surface area contributed by atoms with Gasteiger partial charge in [0.2, 0.25) is 0 Å². The molecule has 0 radical (unpaired) electrons. The summed E-state index contributed by atoms with van der Waals surface area (Å²) in [6.07, 6.45) is 2.34. The molecule has 1 aliphatic heterocycles. The second kappa shape index (κ2) is 5.79. The van der Waals surface area contributed by atoms with E-state index in [1.165, 1.54) is 12.0 Å². The van der Waals surface area contributed by atoms with Crippen LogP contribution >= 0.6 is 15.9 Å². The fourth-order valence-electron chi connectivity index (χ4n) is 2.31. The van der Waals surface area contributed by atoms with Crippen molar-refractivity contribution in [1.82, 2.24) is 25.5 Å². The molecule has 19 heavy (non-hydrogen) atoms. The lowest BCUT2D eigenvalue weighted by molar-refractivity contribution is 0.444. The highest BCUT2D eigenvalue weighted by molar-refractivity contribution is 9.10. The molecule has 6 heteroatoms. The summed E-state index contributed by atoms with van der Waals surface area (Å²) in [5.74, 6) is 1.27. The van der Waals surface area contributed by atoms with Crippen LogP contribution in [0.1, 0.15) is 30.1 Å². The zero-order valence-electron chi connectivity index (χ0n) is 10.6. The van der Waals surface area contributed by atoms with Gasteiger partial charge in [-0.05, 0) is 42.3 Å². The van der Waals surface area contributed by atoms with Crippen LogP contribution in [0.2, 0.25) is 0 Å². The van der Waals surface area contributed by atoms with E-state index >= 15 is 0 Å². The van der Waals surface area contributed by atoms with Gasteiger partial charge in [0.1, 0.15) is 0 Å². The van der Waals surface area contributed by atoms with Gasteiger partial charge in [-0.3, -0.25) is 0 Å². The minimum Gasteiger partial charge on any atom is -0.316 e. The number of nitrogens with one attached hydrogen (secondary N) is 1. The monoisotopic (exact) mass is 321 g/mol. The van der Waals surface area contributed by atoms with Crippen LogP contribution in [0.3, 0.4) is 0 Å². The van der Waals surface area contributed by atoms with E-state index in [-0.39, 0.29) is 0 Å². The van der Waals surface area contributed by atoms with Crippen molar-refractivity contribution in [2.24, 2.45) is 0 Å².